The molecule has 0 aromatic heterocycles. The van der Waals surface area contributed by atoms with Crippen LogP contribution < -0.4 is 32.9 Å². The van der Waals surface area contributed by atoms with E-state index in [1.807, 2.05) is 0 Å². The van der Waals surface area contributed by atoms with Crippen molar-refractivity contribution < 1.29 is 17.0 Å². The highest BCUT2D eigenvalue weighted by Crippen LogP contribution is 2.55. The molecule has 0 saturated carbocycles. The van der Waals surface area contributed by atoms with Gasteiger partial charge in [-0.3, -0.25) is 0 Å². The van der Waals surface area contributed by atoms with Crippen LogP contribution in [0.2, 0.25) is 0 Å². The maximum absolute atomic E-state index is 2.35. The fraction of sp³-hybridized carbons (Fsp3) is 0.200. The summed E-state index contributed by atoms with van der Waals surface area (Å²) >= 11 is 0. The minimum atomic E-state index is -1.66. The van der Waals surface area contributed by atoms with E-state index in [4.69, 9.17) is 0 Å². The van der Waals surface area contributed by atoms with Crippen LogP contribution in [0.15, 0.2) is 121 Å². The Morgan fingerprint density at radius 1 is 0.406 bits per heavy atom. The molecule has 0 heterocycles. The highest BCUT2D eigenvalue weighted by atomic mass is 79.9. The minimum absolute atomic E-state index is 0. The van der Waals surface area contributed by atoms with E-state index in [-0.39, 0.29) is 17.0 Å². The van der Waals surface area contributed by atoms with E-state index in [0.29, 0.717) is 0 Å². The summed E-state index contributed by atoms with van der Waals surface area (Å²) in [5, 5.41) is 4.49. The van der Waals surface area contributed by atoms with E-state index in [1.54, 1.807) is 0 Å². The summed E-state index contributed by atoms with van der Waals surface area (Å²) in [7, 11) is -1.66. The van der Waals surface area contributed by atoms with Crippen LogP contribution in [-0.2, 0) is 6.42 Å². The molecule has 0 aliphatic carbocycles. The molecule has 0 N–H and O–H groups in total. The first kappa shape index (κ1) is 24.4. The van der Waals surface area contributed by atoms with E-state index in [2.05, 4.69) is 121 Å². The van der Waals surface area contributed by atoms with Crippen molar-refractivity contribution in [2.24, 2.45) is 0 Å². The average molecular weight is 503 g/mol. The van der Waals surface area contributed by atoms with Gasteiger partial charge in [-0.15, -0.1) is 0 Å². The van der Waals surface area contributed by atoms with Gasteiger partial charge in [0, 0.05) is 0 Å². The van der Waals surface area contributed by atoms with Crippen LogP contribution in [0.5, 0.6) is 0 Å². The molecule has 2 heteroatoms. The van der Waals surface area contributed by atoms with Gasteiger partial charge in [0.25, 0.3) is 0 Å². The van der Waals surface area contributed by atoms with Gasteiger partial charge >= 0.3 is 0 Å². The van der Waals surface area contributed by atoms with Gasteiger partial charge < -0.3 is 17.0 Å². The SMILES string of the molecule is [Br-].c1ccc(CCCCCC[P+](c2ccccc2)(c2ccccc2)c2ccccc2)cc1. The zero-order valence-corrected chi connectivity index (χ0v) is 21.1. The van der Waals surface area contributed by atoms with Crippen LogP contribution in [0.4, 0.5) is 0 Å². The van der Waals surface area contributed by atoms with Crippen molar-refractivity contribution in [2.45, 2.75) is 32.1 Å². The van der Waals surface area contributed by atoms with Gasteiger partial charge in [0.05, 0.1) is 6.16 Å². The molecular weight excluding hydrogens is 471 g/mol. The summed E-state index contributed by atoms with van der Waals surface area (Å²) in [4.78, 5) is 0. The number of halogens is 1. The van der Waals surface area contributed by atoms with Crippen molar-refractivity contribution in [2.75, 3.05) is 6.16 Å². The molecule has 4 aromatic rings. The molecule has 0 aliphatic rings. The van der Waals surface area contributed by atoms with Gasteiger partial charge in [0.1, 0.15) is 23.2 Å². The van der Waals surface area contributed by atoms with Crippen molar-refractivity contribution in [1.29, 1.82) is 0 Å². The maximum Gasteiger partial charge on any atom is 0.112 e. The molecule has 32 heavy (non-hydrogen) atoms. The molecule has 0 fully saturated rings. The maximum atomic E-state index is 2.35. The van der Waals surface area contributed by atoms with Gasteiger partial charge in [-0.05, 0) is 67.6 Å². The Hall–Kier alpha value is -2.21. The van der Waals surface area contributed by atoms with Gasteiger partial charge in [-0.2, -0.15) is 0 Å². The fourth-order valence-electron chi connectivity index (χ4n) is 4.56. The van der Waals surface area contributed by atoms with E-state index in [1.165, 1.54) is 59.7 Å². The van der Waals surface area contributed by atoms with Crippen molar-refractivity contribution in [3.8, 4) is 0 Å². The monoisotopic (exact) mass is 502 g/mol. The predicted molar refractivity (Wildman–Crippen MR) is 139 cm³/mol. The average Bonchev–Trinajstić information content (AvgIpc) is 2.86. The van der Waals surface area contributed by atoms with E-state index in [0.717, 1.165) is 0 Å². The van der Waals surface area contributed by atoms with Crippen molar-refractivity contribution >= 4 is 23.2 Å². The third kappa shape index (κ3) is 5.97. The van der Waals surface area contributed by atoms with E-state index < -0.39 is 7.26 Å². The van der Waals surface area contributed by atoms with Crippen molar-refractivity contribution in [3.05, 3.63) is 127 Å². The summed E-state index contributed by atoms with van der Waals surface area (Å²) in [6, 6.07) is 44.6. The quantitative estimate of drug-likeness (QED) is 0.228. The number of hydrogen-bond donors (Lipinski definition) is 0. The molecule has 0 atom stereocenters. The van der Waals surface area contributed by atoms with E-state index >= 15 is 0 Å². The first-order chi connectivity index (χ1) is 15.4. The molecule has 0 saturated heterocycles. The Morgan fingerprint density at radius 2 is 0.781 bits per heavy atom. The van der Waals surface area contributed by atoms with Gasteiger partial charge in [0.15, 0.2) is 0 Å². The second-order valence-electron chi connectivity index (χ2n) is 8.19. The van der Waals surface area contributed by atoms with Crippen LogP contribution >= 0.6 is 7.26 Å². The van der Waals surface area contributed by atoms with Gasteiger partial charge in [-0.1, -0.05) is 91.3 Å². The Labute approximate surface area is 204 Å². The van der Waals surface area contributed by atoms with Crippen molar-refractivity contribution in [1.82, 2.24) is 0 Å². The second-order valence-corrected chi connectivity index (χ2v) is 11.8. The zero-order valence-electron chi connectivity index (χ0n) is 18.6. The molecule has 0 amide bonds. The number of benzene rings is 4. The number of hydrogen-bond acceptors (Lipinski definition) is 0. The van der Waals surface area contributed by atoms with Crippen LogP contribution in [0.3, 0.4) is 0 Å². The molecule has 0 aliphatic heterocycles. The summed E-state index contributed by atoms with van der Waals surface area (Å²) in [5.74, 6) is 0. The summed E-state index contributed by atoms with van der Waals surface area (Å²) < 4.78 is 0. The molecule has 0 bridgehead atoms. The molecule has 4 aromatic carbocycles. The zero-order chi connectivity index (χ0) is 21.2. The highest BCUT2D eigenvalue weighted by molar-refractivity contribution is 7.95. The number of rotatable bonds is 10. The topological polar surface area (TPSA) is 0 Å². The number of unbranched alkanes of at least 4 members (excludes halogenated alkanes) is 3. The third-order valence-corrected chi connectivity index (χ3v) is 10.7. The minimum Gasteiger partial charge on any atom is -1.00 e. The molecular formula is C30H32BrP. The van der Waals surface area contributed by atoms with Gasteiger partial charge in [0.2, 0.25) is 0 Å². The number of aryl methyl sites for hydroxylation is 1. The first-order valence-electron chi connectivity index (χ1n) is 11.5. The highest BCUT2D eigenvalue weighted by Gasteiger charge is 2.44. The first-order valence-corrected chi connectivity index (χ1v) is 13.5. The van der Waals surface area contributed by atoms with E-state index in [9.17, 15) is 0 Å². The lowest BCUT2D eigenvalue weighted by atomic mass is 10.1. The standard InChI is InChI=1S/C30H32P.BrH/c1(7-17-27-18-8-3-9-19-27)2-16-26-31(28-20-10-4-11-21-28,29-22-12-5-13-23-29)30-24-14-6-15-25-30;/h3-6,8-15,18-25H,1-2,7,16-17,26H2;1H/q+1;/p-1. The molecule has 0 spiro atoms. The van der Waals surface area contributed by atoms with Crippen LogP contribution in [-0.4, -0.2) is 6.16 Å². The lowest BCUT2D eigenvalue weighted by Crippen LogP contribution is -3.00. The van der Waals surface area contributed by atoms with Crippen LogP contribution in [0, 0.1) is 0 Å². The molecule has 164 valence electrons. The molecule has 0 unspecified atom stereocenters. The summed E-state index contributed by atoms with van der Waals surface area (Å²) in [5.41, 5.74) is 1.46. The van der Waals surface area contributed by atoms with Crippen LogP contribution in [0.25, 0.3) is 0 Å². The predicted octanol–water partition coefficient (Wildman–Crippen LogP) is 3.79. The summed E-state index contributed by atoms with van der Waals surface area (Å²) in [6.07, 6.45) is 7.56. The largest absolute Gasteiger partial charge is 1.00 e. The van der Waals surface area contributed by atoms with Crippen LogP contribution in [0.1, 0.15) is 31.2 Å². The molecule has 0 nitrogen and oxygen atoms in total. The Morgan fingerprint density at radius 3 is 1.22 bits per heavy atom. The fourth-order valence-corrected chi connectivity index (χ4v) is 8.97. The molecule has 0 radical (unpaired) electrons. The normalized spacial score (nSPS) is 11.0. The Kier molecular flexibility index (Phi) is 9.72. The third-order valence-electron chi connectivity index (χ3n) is 6.14. The van der Waals surface area contributed by atoms with Crippen molar-refractivity contribution in [3.63, 3.8) is 0 Å². The lowest BCUT2D eigenvalue weighted by molar-refractivity contribution is -0.00000609. The summed E-state index contributed by atoms with van der Waals surface area (Å²) in [6.45, 7) is 0. The smallest absolute Gasteiger partial charge is 0.112 e. The van der Waals surface area contributed by atoms with Gasteiger partial charge in [-0.25, -0.2) is 0 Å². The molecule has 4 rings (SSSR count). The Bertz CT molecular complexity index is 921. The second kappa shape index (κ2) is 12.7. The Balaban J connectivity index is 0.00000289. The lowest BCUT2D eigenvalue weighted by Gasteiger charge is -2.27.